The van der Waals surface area contributed by atoms with Gasteiger partial charge in [0.05, 0.1) is 5.69 Å². The third-order valence-electron chi connectivity index (χ3n) is 13.4. The summed E-state index contributed by atoms with van der Waals surface area (Å²) >= 11 is 0. The summed E-state index contributed by atoms with van der Waals surface area (Å²) < 4.78 is 0. The number of nitrogens with zero attached hydrogens (tertiary/aromatic N) is 1. The second-order valence-electron chi connectivity index (χ2n) is 16.5. The van der Waals surface area contributed by atoms with Crippen molar-refractivity contribution >= 4 is 33.4 Å². The van der Waals surface area contributed by atoms with Gasteiger partial charge in [-0.3, -0.25) is 0 Å². The fraction of sp³-hybridized carbons (Fsp3) is 0.170. The van der Waals surface area contributed by atoms with Gasteiger partial charge in [0.1, 0.15) is 0 Å². The molecule has 1 nitrogen and oxygen atoms in total. The maximum Gasteiger partial charge on any atom is 0.0540 e. The molecule has 0 amide bonds. The van der Waals surface area contributed by atoms with Crippen molar-refractivity contribution in [2.24, 2.45) is 0 Å². The zero-order valence-electron chi connectivity index (χ0n) is 31.2. The average molecular weight is 694 g/mol. The molecule has 1 fully saturated rings. The predicted octanol–water partition coefficient (Wildman–Crippen LogP) is 14.2. The van der Waals surface area contributed by atoms with E-state index in [1.165, 1.54) is 72.1 Å². The Kier molecular flexibility index (Phi) is 6.75. The van der Waals surface area contributed by atoms with Gasteiger partial charge in [-0.25, -0.2) is 0 Å². The molecule has 1 heteroatoms. The molecule has 54 heavy (non-hydrogen) atoms. The lowest BCUT2D eigenvalue weighted by Gasteiger charge is -2.29. The van der Waals surface area contributed by atoms with Crippen molar-refractivity contribution in [1.29, 1.82) is 0 Å². The molecule has 0 aromatic heterocycles. The van der Waals surface area contributed by atoms with Crippen molar-refractivity contribution < 1.29 is 0 Å². The topological polar surface area (TPSA) is 3.24 Å². The highest BCUT2D eigenvalue weighted by atomic mass is 15.1. The first-order valence-electron chi connectivity index (χ1n) is 19.7. The largest absolute Gasteiger partial charge is 0.310 e. The van der Waals surface area contributed by atoms with E-state index in [0.717, 1.165) is 24.2 Å². The summed E-state index contributed by atoms with van der Waals surface area (Å²) in [6.07, 6.45) is 7.05. The molecule has 4 aliphatic carbocycles. The van der Waals surface area contributed by atoms with Crippen LogP contribution >= 0.6 is 0 Å². The molecule has 0 heterocycles. The van der Waals surface area contributed by atoms with Crippen molar-refractivity contribution in [1.82, 2.24) is 0 Å². The lowest BCUT2D eigenvalue weighted by molar-refractivity contribution is 0.648. The van der Waals surface area contributed by atoms with Crippen LogP contribution in [0.5, 0.6) is 0 Å². The standard InChI is InChI=1S/C53H43N/c1-52(2)46-27-14-13-23-40(46)44-32-42-43-31-35(29-30-47(43)53(3)50(34-17-7-4-8-18-34)51(53)45(42)33-48(44)52)38-24-15-26-41-39(38)25-16-28-49(41)54(36-19-9-5-10-20-36)37-21-11-6-12-22-37/h4-12,14-22,24-33,50-51H,13,23H2,1-3H3. The van der Waals surface area contributed by atoms with Gasteiger partial charge in [-0.15, -0.1) is 0 Å². The molecule has 0 N–H and O–H groups in total. The molecule has 3 unspecified atom stereocenters. The lowest BCUT2D eigenvalue weighted by Crippen LogP contribution is -2.18. The predicted molar refractivity (Wildman–Crippen MR) is 227 cm³/mol. The normalized spacial score (nSPS) is 21.2. The van der Waals surface area contributed by atoms with Crippen LogP contribution in [0.3, 0.4) is 0 Å². The number of hydrogen-bond donors (Lipinski definition) is 0. The van der Waals surface area contributed by atoms with Crippen LogP contribution in [0.4, 0.5) is 17.1 Å². The minimum atomic E-state index is 0.0142. The average Bonchev–Trinajstić information content (AvgIpc) is 3.81. The van der Waals surface area contributed by atoms with Gasteiger partial charge in [0.15, 0.2) is 0 Å². The molecule has 0 bridgehead atoms. The van der Waals surface area contributed by atoms with E-state index >= 15 is 0 Å². The maximum atomic E-state index is 2.64. The van der Waals surface area contributed by atoms with Crippen molar-refractivity contribution in [2.45, 2.75) is 56.3 Å². The second kappa shape index (κ2) is 11.5. The van der Waals surface area contributed by atoms with E-state index in [0.29, 0.717) is 11.8 Å². The highest BCUT2D eigenvalue weighted by Crippen LogP contribution is 2.75. The summed E-state index contributed by atoms with van der Waals surface area (Å²) in [4.78, 5) is 2.39. The van der Waals surface area contributed by atoms with Gasteiger partial charge < -0.3 is 4.90 Å². The SMILES string of the molecule is CC1(C)C2=C(CCC=C2)c2cc3c(cc21)C1C(c2ccccc2)C1(C)c1ccc(-c2cccc4c(N(c5ccccc5)c5ccccc5)cccc24)cc1-3. The van der Waals surface area contributed by atoms with Crippen molar-refractivity contribution in [3.05, 3.63) is 203 Å². The Morgan fingerprint density at radius 3 is 1.96 bits per heavy atom. The van der Waals surface area contributed by atoms with E-state index in [-0.39, 0.29) is 10.8 Å². The third kappa shape index (κ3) is 4.39. The Labute approximate surface area is 319 Å². The fourth-order valence-electron chi connectivity index (χ4n) is 10.8. The molecule has 7 aromatic carbocycles. The quantitative estimate of drug-likeness (QED) is 0.173. The van der Waals surface area contributed by atoms with Gasteiger partial charge in [-0.2, -0.15) is 0 Å². The van der Waals surface area contributed by atoms with Crippen LogP contribution in [-0.2, 0) is 10.8 Å². The Morgan fingerprint density at radius 1 is 0.537 bits per heavy atom. The Hall–Kier alpha value is -5.92. The van der Waals surface area contributed by atoms with Gasteiger partial charge >= 0.3 is 0 Å². The van der Waals surface area contributed by atoms with Crippen LogP contribution in [0.25, 0.3) is 38.6 Å². The number of fused-ring (bicyclic) bond motifs is 9. The summed E-state index contributed by atoms with van der Waals surface area (Å²) in [7, 11) is 0. The van der Waals surface area contributed by atoms with E-state index in [4.69, 9.17) is 0 Å². The molecular weight excluding hydrogens is 651 g/mol. The fourth-order valence-corrected chi connectivity index (χ4v) is 10.8. The summed E-state index contributed by atoms with van der Waals surface area (Å²) in [6, 6.07) is 59.1. The van der Waals surface area contributed by atoms with Crippen LogP contribution < -0.4 is 4.90 Å². The first-order chi connectivity index (χ1) is 26.4. The smallest absolute Gasteiger partial charge is 0.0540 e. The Balaban J connectivity index is 1.11. The van der Waals surface area contributed by atoms with E-state index < -0.39 is 0 Å². The Bertz CT molecular complexity index is 2660. The maximum absolute atomic E-state index is 2.64. The van der Waals surface area contributed by atoms with Gasteiger partial charge in [0.2, 0.25) is 0 Å². The van der Waals surface area contributed by atoms with E-state index in [2.05, 4.69) is 196 Å². The van der Waals surface area contributed by atoms with E-state index in [1.807, 2.05) is 0 Å². The zero-order chi connectivity index (χ0) is 36.2. The van der Waals surface area contributed by atoms with Crippen LogP contribution in [0.2, 0.25) is 0 Å². The van der Waals surface area contributed by atoms with Crippen LogP contribution in [-0.4, -0.2) is 0 Å². The first kappa shape index (κ1) is 31.6. The summed E-state index contributed by atoms with van der Waals surface area (Å²) in [5, 5.41) is 2.50. The summed E-state index contributed by atoms with van der Waals surface area (Å²) in [5.74, 6) is 0.918. The molecule has 0 saturated heterocycles. The number of hydrogen-bond acceptors (Lipinski definition) is 1. The van der Waals surface area contributed by atoms with Gasteiger partial charge in [-0.1, -0.05) is 148 Å². The van der Waals surface area contributed by atoms with Crippen molar-refractivity contribution in [3.8, 4) is 22.3 Å². The van der Waals surface area contributed by atoms with Gasteiger partial charge in [0, 0.05) is 39.4 Å². The van der Waals surface area contributed by atoms with E-state index in [9.17, 15) is 0 Å². The first-order valence-corrected chi connectivity index (χ1v) is 19.7. The van der Waals surface area contributed by atoms with Gasteiger partial charge in [-0.05, 0) is 122 Å². The molecule has 0 spiro atoms. The third-order valence-corrected chi connectivity index (χ3v) is 13.4. The van der Waals surface area contributed by atoms with Crippen molar-refractivity contribution in [3.63, 3.8) is 0 Å². The molecule has 4 aliphatic rings. The van der Waals surface area contributed by atoms with Crippen LogP contribution in [0.1, 0.15) is 73.3 Å². The number of para-hydroxylation sites is 2. The highest BCUT2D eigenvalue weighted by Gasteiger charge is 2.66. The van der Waals surface area contributed by atoms with E-state index in [1.54, 1.807) is 5.57 Å². The Morgan fingerprint density at radius 2 is 1.22 bits per heavy atom. The molecule has 11 rings (SSSR count). The number of rotatable bonds is 5. The molecular formula is C53H43N. The monoisotopic (exact) mass is 693 g/mol. The lowest BCUT2D eigenvalue weighted by atomic mass is 9.74. The van der Waals surface area contributed by atoms with Gasteiger partial charge in [0.25, 0.3) is 0 Å². The molecule has 3 atom stereocenters. The highest BCUT2D eigenvalue weighted by molar-refractivity contribution is 6.06. The van der Waals surface area contributed by atoms with Crippen molar-refractivity contribution in [2.75, 3.05) is 4.90 Å². The molecule has 7 aromatic rings. The number of anilines is 3. The minimum absolute atomic E-state index is 0.0142. The summed E-state index contributed by atoms with van der Waals surface area (Å²) in [5.41, 5.74) is 19.5. The molecule has 0 aliphatic heterocycles. The minimum Gasteiger partial charge on any atom is -0.310 e. The molecule has 0 radical (unpaired) electrons. The zero-order valence-corrected chi connectivity index (χ0v) is 31.2. The van der Waals surface area contributed by atoms with Crippen LogP contribution in [0, 0.1) is 0 Å². The molecule has 1 saturated carbocycles. The molecule has 260 valence electrons. The second-order valence-corrected chi connectivity index (χ2v) is 16.5. The number of benzene rings is 7. The summed E-state index contributed by atoms with van der Waals surface area (Å²) in [6.45, 7) is 7.42. The number of allylic oxidation sites excluding steroid dienone is 4. The van der Waals surface area contributed by atoms with Crippen LogP contribution in [0.15, 0.2) is 175 Å².